The van der Waals surface area contributed by atoms with Crippen LogP contribution in [-0.4, -0.2) is 0 Å². The van der Waals surface area contributed by atoms with Crippen molar-refractivity contribution in [2.45, 2.75) is 12.5 Å². The summed E-state index contributed by atoms with van der Waals surface area (Å²) in [5, 5.41) is 8.47. The number of hydrogen-bond acceptors (Lipinski definition) is 4. The van der Waals surface area contributed by atoms with Crippen molar-refractivity contribution >= 4 is 22.7 Å². The van der Waals surface area contributed by atoms with Crippen LogP contribution in [0.3, 0.4) is 0 Å². The SMILES string of the molecule is NNC(Cc1ccsc1)c1ccsc1. The van der Waals surface area contributed by atoms with Crippen molar-refractivity contribution in [3.63, 3.8) is 0 Å². The van der Waals surface area contributed by atoms with Gasteiger partial charge in [0, 0.05) is 0 Å². The fourth-order valence-corrected chi connectivity index (χ4v) is 2.79. The van der Waals surface area contributed by atoms with Crippen LogP contribution in [0.15, 0.2) is 33.7 Å². The molecule has 0 fully saturated rings. The maximum absolute atomic E-state index is 5.54. The van der Waals surface area contributed by atoms with Gasteiger partial charge in [-0.25, -0.2) is 0 Å². The van der Waals surface area contributed by atoms with Gasteiger partial charge in [-0.15, -0.1) is 0 Å². The van der Waals surface area contributed by atoms with Crippen LogP contribution in [0.5, 0.6) is 0 Å². The van der Waals surface area contributed by atoms with E-state index < -0.39 is 0 Å². The second-order valence-electron chi connectivity index (χ2n) is 3.11. The summed E-state index contributed by atoms with van der Waals surface area (Å²) in [6.45, 7) is 0. The Hall–Kier alpha value is -0.680. The fourth-order valence-electron chi connectivity index (χ4n) is 1.39. The molecule has 0 bridgehead atoms. The van der Waals surface area contributed by atoms with E-state index in [1.54, 1.807) is 22.7 Å². The summed E-state index contributed by atoms with van der Waals surface area (Å²) in [5.41, 5.74) is 5.46. The minimum atomic E-state index is 0.232. The highest BCUT2D eigenvalue weighted by Gasteiger charge is 2.10. The summed E-state index contributed by atoms with van der Waals surface area (Å²) in [7, 11) is 0. The number of hydrogen-bond donors (Lipinski definition) is 2. The zero-order chi connectivity index (χ0) is 9.80. The summed E-state index contributed by atoms with van der Waals surface area (Å²) in [5.74, 6) is 5.54. The molecule has 74 valence electrons. The van der Waals surface area contributed by atoms with Gasteiger partial charge in [0.2, 0.25) is 0 Å². The largest absolute Gasteiger partial charge is 0.271 e. The minimum Gasteiger partial charge on any atom is -0.271 e. The normalized spacial score (nSPS) is 12.9. The third-order valence-corrected chi connectivity index (χ3v) is 3.60. The Bertz CT molecular complexity index is 353. The standard InChI is InChI=1S/C10H12N2S2/c11-12-10(9-2-4-14-7-9)5-8-1-3-13-6-8/h1-4,6-7,10,12H,5,11H2. The number of hydrazine groups is 1. The van der Waals surface area contributed by atoms with E-state index >= 15 is 0 Å². The first-order chi connectivity index (χ1) is 6.90. The van der Waals surface area contributed by atoms with E-state index in [9.17, 15) is 0 Å². The molecule has 1 atom stereocenters. The Balaban J connectivity index is 2.08. The smallest absolute Gasteiger partial charge is 0.0508 e. The van der Waals surface area contributed by atoms with Gasteiger partial charge in [0.15, 0.2) is 0 Å². The van der Waals surface area contributed by atoms with E-state index in [1.165, 1.54) is 11.1 Å². The third-order valence-electron chi connectivity index (χ3n) is 2.17. The highest BCUT2D eigenvalue weighted by molar-refractivity contribution is 7.08. The summed E-state index contributed by atoms with van der Waals surface area (Å²) in [6.07, 6.45) is 0.955. The first-order valence-corrected chi connectivity index (χ1v) is 6.28. The molecule has 2 aromatic rings. The minimum absolute atomic E-state index is 0.232. The first-order valence-electron chi connectivity index (χ1n) is 4.39. The van der Waals surface area contributed by atoms with Crippen LogP contribution >= 0.6 is 22.7 Å². The van der Waals surface area contributed by atoms with Gasteiger partial charge in [-0.2, -0.15) is 22.7 Å². The van der Waals surface area contributed by atoms with Gasteiger partial charge in [-0.3, -0.25) is 11.3 Å². The highest BCUT2D eigenvalue weighted by Crippen LogP contribution is 2.21. The van der Waals surface area contributed by atoms with Gasteiger partial charge in [0.1, 0.15) is 0 Å². The Labute approximate surface area is 91.4 Å². The Morgan fingerprint density at radius 1 is 1.21 bits per heavy atom. The van der Waals surface area contributed by atoms with E-state index in [2.05, 4.69) is 39.1 Å². The van der Waals surface area contributed by atoms with Gasteiger partial charge in [-0.1, -0.05) is 0 Å². The summed E-state index contributed by atoms with van der Waals surface area (Å²) >= 11 is 3.43. The lowest BCUT2D eigenvalue weighted by molar-refractivity contribution is 0.554. The lowest BCUT2D eigenvalue weighted by Crippen LogP contribution is -2.29. The average molecular weight is 224 g/mol. The van der Waals surface area contributed by atoms with Crippen LogP contribution in [0, 0.1) is 0 Å². The van der Waals surface area contributed by atoms with Crippen LogP contribution in [0.2, 0.25) is 0 Å². The van der Waals surface area contributed by atoms with E-state index in [0.717, 1.165) is 6.42 Å². The predicted octanol–water partition coefficient (Wildman–Crippen LogP) is 2.56. The molecule has 2 heterocycles. The molecule has 0 aromatic carbocycles. The molecule has 1 unspecified atom stereocenters. The second-order valence-corrected chi connectivity index (χ2v) is 4.67. The molecule has 0 aliphatic carbocycles. The quantitative estimate of drug-likeness (QED) is 0.619. The topological polar surface area (TPSA) is 38.0 Å². The fraction of sp³-hybridized carbons (Fsp3) is 0.200. The van der Waals surface area contributed by atoms with Crippen molar-refractivity contribution in [1.82, 2.24) is 5.43 Å². The molecule has 0 amide bonds. The van der Waals surface area contributed by atoms with Crippen LogP contribution < -0.4 is 11.3 Å². The zero-order valence-corrected chi connectivity index (χ0v) is 9.28. The van der Waals surface area contributed by atoms with Gasteiger partial charge in [-0.05, 0) is 51.2 Å². The molecule has 0 saturated carbocycles. The van der Waals surface area contributed by atoms with Gasteiger partial charge in [0.05, 0.1) is 6.04 Å². The molecule has 3 N–H and O–H groups in total. The number of rotatable bonds is 4. The van der Waals surface area contributed by atoms with Gasteiger partial charge < -0.3 is 0 Å². The highest BCUT2D eigenvalue weighted by atomic mass is 32.1. The van der Waals surface area contributed by atoms with Crippen molar-refractivity contribution in [1.29, 1.82) is 0 Å². The van der Waals surface area contributed by atoms with Crippen LogP contribution in [0.4, 0.5) is 0 Å². The van der Waals surface area contributed by atoms with E-state index in [-0.39, 0.29) is 6.04 Å². The van der Waals surface area contributed by atoms with E-state index in [0.29, 0.717) is 0 Å². The van der Waals surface area contributed by atoms with Crippen LogP contribution in [0.1, 0.15) is 17.2 Å². The maximum Gasteiger partial charge on any atom is 0.0508 e. The Morgan fingerprint density at radius 2 is 2.00 bits per heavy atom. The van der Waals surface area contributed by atoms with Crippen molar-refractivity contribution in [3.05, 3.63) is 44.8 Å². The molecule has 2 aromatic heterocycles. The van der Waals surface area contributed by atoms with Crippen LogP contribution in [0.25, 0.3) is 0 Å². The van der Waals surface area contributed by atoms with Crippen molar-refractivity contribution in [2.24, 2.45) is 5.84 Å². The summed E-state index contributed by atoms with van der Waals surface area (Å²) in [4.78, 5) is 0. The number of nitrogens with one attached hydrogen (secondary N) is 1. The maximum atomic E-state index is 5.54. The summed E-state index contributed by atoms with van der Waals surface area (Å²) < 4.78 is 0. The molecule has 0 aliphatic heterocycles. The predicted molar refractivity (Wildman–Crippen MR) is 62.4 cm³/mol. The van der Waals surface area contributed by atoms with Crippen molar-refractivity contribution in [3.8, 4) is 0 Å². The molecule has 2 rings (SSSR count). The van der Waals surface area contributed by atoms with Crippen molar-refractivity contribution in [2.75, 3.05) is 0 Å². The summed E-state index contributed by atoms with van der Waals surface area (Å²) in [6, 6.07) is 4.49. The molecule has 2 nitrogen and oxygen atoms in total. The van der Waals surface area contributed by atoms with E-state index in [4.69, 9.17) is 5.84 Å². The molecule has 0 spiro atoms. The van der Waals surface area contributed by atoms with Crippen LogP contribution in [-0.2, 0) is 6.42 Å². The zero-order valence-electron chi connectivity index (χ0n) is 7.64. The molecule has 4 heteroatoms. The Kier molecular flexibility index (Phi) is 3.31. The Morgan fingerprint density at radius 3 is 2.57 bits per heavy atom. The van der Waals surface area contributed by atoms with Gasteiger partial charge >= 0.3 is 0 Å². The van der Waals surface area contributed by atoms with Crippen molar-refractivity contribution < 1.29 is 0 Å². The molecule has 0 aliphatic rings. The molecular formula is C10H12N2S2. The lowest BCUT2D eigenvalue weighted by Gasteiger charge is -2.13. The lowest BCUT2D eigenvalue weighted by atomic mass is 10.0. The average Bonchev–Trinajstić information content (AvgIpc) is 2.86. The first kappa shape index (κ1) is 9.86. The number of thiophene rings is 2. The molecule has 14 heavy (non-hydrogen) atoms. The molecule has 0 saturated heterocycles. The molecular weight excluding hydrogens is 212 g/mol. The third kappa shape index (κ3) is 2.22. The van der Waals surface area contributed by atoms with Gasteiger partial charge in [0.25, 0.3) is 0 Å². The van der Waals surface area contributed by atoms with E-state index in [1.807, 2.05) is 0 Å². The second kappa shape index (κ2) is 4.70. The number of nitrogens with two attached hydrogens (primary N) is 1. The monoisotopic (exact) mass is 224 g/mol. The molecule has 0 radical (unpaired) electrons.